The van der Waals surface area contributed by atoms with Gasteiger partial charge < -0.3 is 5.32 Å². The molecule has 1 N–H and O–H groups in total. The lowest BCUT2D eigenvalue weighted by molar-refractivity contribution is 0.513. The van der Waals surface area contributed by atoms with Crippen molar-refractivity contribution in [1.29, 1.82) is 5.26 Å². The zero-order chi connectivity index (χ0) is 14.2. The van der Waals surface area contributed by atoms with Crippen molar-refractivity contribution in [2.45, 2.75) is 25.3 Å². The molecular weight excluding hydrogens is 244 g/mol. The Hall–Kier alpha value is -2.11. The van der Waals surface area contributed by atoms with E-state index in [0.29, 0.717) is 12.3 Å². The van der Waals surface area contributed by atoms with Gasteiger partial charge in [0.1, 0.15) is 0 Å². The summed E-state index contributed by atoms with van der Waals surface area (Å²) in [4.78, 5) is 0. The normalized spacial score (nSPS) is 13.4. The molecule has 0 saturated carbocycles. The maximum atomic E-state index is 8.99. The van der Waals surface area contributed by atoms with E-state index in [4.69, 9.17) is 5.26 Å². The van der Waals surface area contributed by atoms with Crippen molar-refractivity contribution in [3.05, 3.63) is 71.8 Å². The highest BCUT2D eigenvalue weighted by atomic mass is 14.9. The molecule has 0 fully saturated rings. The first-order valence-electron chi connectivity index (χ1n) is 7.01. The summed E-state index contributed by atoms with van der Waals surface area (Å²) in [6.07, 6.45) is 0.492. The molecule has 2 unspecified atom stereocenters. The van der Waals surface area contributed by atoms with E-state index in [1.165, 1.54) is 11.1 Å². The van der Waals surface area contributed by atoms with E-state index in [-0.39, 0.29) is 6.04 Å². The molecule has 0 bridgehead atoms. The summed E-state index contributed by atoms with van der Waals surface area (Å²) in [7, 11) is 0. The molecule has 0 saturated heterocycles. The second-order valence-electron chi connectivity index (χ2n) is 5.05. The molecular formula is C18H20N2. The van der Waals surface area contributed by atoms with E-state index in [1.54, 1.807) is 0 Å². The van der Waals surface area contributed by atoms with E-state index in [2.05, 4.69) is 54.7 Å². The second-order valence-corrected chi connectivity index (χ2v) is 5.05. The smallest absolute Gasteiger partial charge is 0.0641 e. The van der Waals surface area contributed by atoms with Crippen molar-refractivity contribution >= 4 is 0 Å². The predicted molar refractivity (Wildman–Crippen MR) is 82.3 cm³/mol. The summed E-state index contributed by atoms with van der Waals surface area (Å²) in [6.45, 7) is 3.07. The van der Waals surface area contributed by atoms with Gasteiger partial charge in [-0.25, -0.2) is 0 Å². The molecule has 2 nitrogen and oxygen atoms in total. The Kier molecular flexibility index (Phi) is 5.34. The Morgan fingerprint density at radius 2 is 1.50 bits per heavy atom. The van der Waals surface area contributed by atoms with Crippen LogP contribution in [0.2, 0.25) is 0 Å². The zero-order valence-electron chi connectivity index (χ0n) is 11.8. The molecule has 0 aliphatic rings. The Balaban J connectivity index is 1.98. The highest BCUT2D eigenvalue weighted by Crippen LogP contribution is 2.19. The van der Waals surface area contributed by atoms with Gasteiger partial charge in [0.05, 0.1) is 12.5 Å². The van der Waals surface area contributed by atoms with Crippen LogP contribution in [0.3, 0.4) is 0 Å². The zero-order valence-corrected chi connectivity index (χ0v) is 11.8. The SMILES string of the molecule is CC(CNC(CC#N)c1ccccc1)c1ccccc1. The fraction of sp³-hybridized carbons (Fsp3) is 0.278. The van der Waals surface area contributed by atoms with Crippen LogP contribution in [0, 0.1) is 11.3 Å². The van der Waals surface area contributed by atoms with Crippen molar-refractivity contribution in [2.75, 3.05) is 6.54 Å². The highest BCUT2D eigenvalue weighted by Gasteiger charge is 2.12. The van der Waals surface area contributed by atoms with E-state index < -0.39 is 0 Å². The summed E-state index contributed by atoms with van der Waals surface area (Å²) in [5.41, 5.74) is 2.50. The minimum Gasteiger partial charge on any atom is -0.308 e. The molecule has 2 heteroatoms. The third kappa shape index (κ3) is 3.94. The number of benzene rings is 2. The van der Waals surface area contributed by atoms with Gasteiger partial charge in [-0.1, -0.05) is 67.6 Å². The van der Waals surface area contributed by atoms with E-state index in [0.717, 1.165) is 6.54 Å². The fourth-order valence-corrected chi connectivity index (χ4v) is 2.30. The van der Waals surface area contributed by atoms with Crippen molar-refractivity contribution < 1.29 is 0 Å². The van der Waals surface area contributed by atoms with Crippen LogP contribution in [0.4, 0.5) is 0 Å². The first-order chi connectivity index (χ1) is 9.81. The number of hydrogen-bond donors (Lipinski definition) is 1. The molecule has 0 amide bonds. The van der Waals surface area contributed by atoms with Gasteiger partial charge >= 0.3 is 0 Å². The Morgan fingerprint density at radius 1 is 0.950 bits per heavy atom. The maximum Gasteiger partial charge on any atom is 0.0641 e. The standard InChI is InChI=1S/C18H20N2/c1-15(16-8-4-2-5-9-16)14-20-18(12-13-19)17-10-6-3-7-11-17/h2-11,15,18,20H,12,14H2,1H3. The van der Waals surface area contributed by atoms with Crippen molar-refractivity contribution in [2.24, 2.45) is 0 Å². The summed E-state index contributed by atoms with van der Waals surface area (Å²) < 4.78 is 0. The van der Waals surface area contributed by atoms with Crippen LogP contribution in [0.5, 0.6) is 0 Å². The highest BCUT2D eigenvalue weighted by molar-refractivity contribution is 5.21. The molecule has 102 valence electrons. The quantitative estimate of drug-likeness (QED) is 0.855. The average Bonchev–Trinajstić information content (AvgIpc) is 2.53. The molecule has 0 spiro atoms. The monoisotopic (exact) mass is 264 g/mol. The minimum absolute atomic E-state index is 0.104. The fourth-order valence-electron chi connectivity index (χ4n) is 2.30. The van der Waals surface area contributed by atoms with Crippen LogP contribution in [0.15, 0.2) is 60.7 Å². The Morgan fingerprint density at radius 3 is 2.05 bits per heavy atom. The van der Waals surface area contributed by atoms with E-state index in [1.807, 2.05) is 24.3 Å². The summed E-state index contributed by atoms with van der Waals surface area (Å²) in [5.74, 6) is 0.432. The topological polar surface area (TPSA) is 35.8 Å². The van der Waals surface area contributed by atoms with Gasteiger partial charge in [0, 0.05) is 12.6 Å². The van der Waals surface area contributed by atoms with Gasteiger partial charge in [-0.3, -0.25) is 0 Å². The third-order valence-corrected chi connectivity index (χ3v) is 3.54. The van der Waals surface area contributed by atoms with E-state index >= 15 is 0 Å². The largest absolute Gasteiger partial charge is 0.308 e. The third-order valence-electron chi connectivity index (χ3n) is 3.54. The van der Waals surface area contributed by atoms with Crippen LogP contribution in [-0.2, 0) is 0 Å². The lowest BCUT2D eigenvalue weighted by Crippen LogP contribution is -2.25. The van der Waals surface area contributed by atoms with Crippen LogP contribution in [0.1, 0.15) is 36.4 Å². The number of rotatable bonds is 6. The molecule has 0 heterocycles. The molecule has 2 atom stereocenters. The van der Waals surface area contributed by atoms with Gasteiger partial charge in [-0.05, 0) is 17.0 Å². The molecule has 0 aliphatic carbocycles. The van der Waals surface area contributed by atoms with Gasteiger partial charge in [-0.15, -0.1) is 0 Å². The molecule has 0 aliphatic heterocycles. The Labute approximate surface area is 121 Å². The van der Waals surface area contributed by atoms with Crippen molar-refractivity contribution in [3.8, 4) is 6.07 Å². The van der Waals surface area contributed by atoms with Gasteiger partial charge in [-0.2, -0.15) is 5.26 Å². The van der Waals surface area contributed by atoms with Gasteiger partial charge in [0.15, 0.2) is 0 Å². The van der Waals surface area contributed by atoms with E-state index in [9.17, 15) is 0 Å². The second kappa shape index (κ2) is 7.47. The number of nitriles is 1. The van der Waals surface area contributed by atoms with Crippen LogP contribution >= 0.6 is 0 Å². The summed E-state index contributed by atoms with van der Waals surface area (Å²) >= 11 is 0. The number of hydrogen-bond acceptors (Lipinski definition) is 2. The minimum atomic E-state index is 0.104. The van der Waals surface area contributed by atoms with Crippen LogP contribution in [-0.4, -0.2) is 6.54 Å². The van der Waals surface area contributed by atoms with Crippen molar-refractivity contribution in [3.63, 3.8) is 0 Å². The molecule has 20 heavy (non-hydrogen) atoms. The average molecular weight is 264 g/mol. The number of nitrogens with zero attached hydrogens (tertiary/aromatic N) is 1. The first kappa shape index (κ1) is 14.3. The van der Waals surface area contributed by atoms with Gasteiger partial charge in [0.25, 0.3) is 0 Å². The molecule has 0 radical (unpaired) electrons. The summed E-state index contributed by atoms with van der Waals surface area (Å²) in [6, 6.07) is 23.0. The van der Waals surface area contributed by atoms with Crippen molar-refractivity contribution in [1.82, 2.24) is 5.32 Å². The molecule has 2 aromatic carbocycles. The van der Waals surface area contributed by atoms with Gasteiger partial charge in [0.2, 0.25) is 0 Å². The lowest BCUT2D eigenvalue weighted by atomic mass is 9.99. The van der Waals surface area contributed by atoms with Crippen LogP contribution < -0.4 is 5.32 Å². The maximum absolute atomic E-state index is 8.99. The summed E-state index contributed by atoms with van der Waals surface area (Å²) in [5, 5.41) is 12.5. The Bertz CT molecular complexity index is 543. The lowest BCUT2D eigenvalue weighted by Gasteiger charge is -2.20. The molecule has 2 aromatic rings. The molecule has 2 rings (SSSR count). The molecule has 0 aromatic heterocycles. The van der Waals surface area contributed by atoms with Crippen LogP contribution in [0.25, 0.3) is 0 Å². The first-order valence-corrected chi connectivity index (χ1v) is 7.01. The number of nitrogens with one attached hydrogen (secondary N) is 1. The predicted octanol–water partition coefficient (Wildman–Crippen LogP) is 4.03.